The summed E-state index contributed by atoms with van der Waals surface area (Å²) in [4.78, 5) is 13.0. The van der Waals surface area contributed by atoms with Crippen LogP contribution in [0.25, 0.3) is 6.08 Å². The third-order valence-corrected chi connectivity index (χ3v) is 5.03. The van der Waals surface area contributed by atoms with Gasteiger partial charge in [-0.1, -0.05) is 44.4 Å². The lowest BCUT2D eigenvalue weighted by atomic mass is 10.1. The van der Waals surface area contributed by atoms with Crippen molar-refractivity contribution in [2.45, 2.75) is 37.5 Å². The summed E-state index contributed by atoms with van der Waals surface area (Å²) in [6, 6.07) is 7.50. The number of hydrogen-bond acceptors (Lipinski definition) is 2. The molecule has 0 fully saturated rings. The number of benzene rings is 2. The molecule has 2 aromatic rings. The summed E-state index contributed by atoms with van der Waals surface area (Å²) in [5.41, 5.74) is -0.452. The van der Waals surface area contributed by atoms with Gasteiger partial charge in [-0.05, 0) is 35.9 Å². The summed E-state index contributed by atoms with van der Waals surface area (Å²) in [5, 5.41) is 0. The van der Waals surface area contributed by atoms with Crippen LogP contribution < -0.4 is 0 Å². The maximum absolute atomic E-state index is 13.6. The standard InChI is InChI=1S/C21H20F4OS/c1-2-3-4-5-12-27-15-9-6-14(7-10-15)8-11-18(26)19-16(22)13-17(23)20(24)21(19)25/h6-11,13H,2-5,12H2,1H3. The molecule has 0 amide bonds. The van der Waals surface area contributed by atoms with Crippen molar-refractivity contribution in [2.75, 3.05) is 5.75 Å². The highest BCUT2D eigenvalue weighted by Gasteiger charge is 2.22. The third kappa shape index (κ3) is 5.96. The van der Waals surface area contributed by atoms with Gasteiger partial charge in [0.2, 0.25) is 0 Å². The highest BCUT2D eigenvalue weighted by Crippen LogP contribution is 2.22. The zero-order valence-corrected chi connectivity index (χ0v) is 15.7. The Morgan fingerprint density at radius 3 is 2.33 bits per heavy atom. The number of allylic oxidation sites excluding steroid dienone is 1. The monoisotopic (exact) mass is 396 g/mol. The third-order valence-electron chi connectivity index (χ3n) is 3.93. The molecule has 0 atom stereocenters. The van der Waals surface area contributed by atoms with E-state index in [1.807, 2.05) is 12.1 Å². The van der Waals surface area contributed by atoms with Crippen LogP contribution in [0.2, 0.25) is 0 Å². The molecule has 144 valence electrons. The number of rotatable bonds is 9. The molecule has 27 heavy (non-hydrogen) atoms. The van der Waals surface area contributed by atoms with Gasteiger partial charge in [0.05, 0.1) is 5.56 Å². The Labute approximate surface area is 160 Å². The van der Waals surface area contributed by atoms with Crippen molar-refractivity contribution in [3.8, 4) is 0 Å². The fourth-order valence-corrected chi connectivity index (χ4v) is 3.35. The summed E-state index contributed by atoms with van der Waals surface area (Å²) < 4.78 is 53.4. The molecule has 0 spiro atoms. The van der Waals surface area contributed by atoms with E-state index in [0.29, 0.717) is 5.56 Å². The van der Waals surface area contributed by atoms with Crippen LogP contribution >= 0.6 is 11.8 Å². The first-order valence-electron chi connectivity index (χ1n) is 8.72. The highest BCUT2D eigenvalue weighted by molar-refractivity contribution is 7.99. The molecular weight excluding hydrogens is 376 g/mol. The minimum absolute atomic E-state index is 0.159. The second-order valence-electron chi connectivity index (χ2n) is 6.02. The average Bonchev–Trinajstić information content (AvgIpc) is 2.65. The van der Waals surface area contributed by atoms with Crippen molar-refractivity contribution < 1.29 is 22.4 Å². The highest BCUT2D eigenvalue weighted by atomic mass is 32.2. The van der Waals surface area contributed by atoms with E-state index in [1.54, 1.807) is 23.9 Å². The van der Waals surface area contributed by atoms with Crippen molar-refractivity contribution >= 4 is 23.6 Å². The Kier molecular flexibility index (Phi) is 8.10. The zero-order valence-electron chi connectivity index (χ0n) is 14.9. The van der Waals surface area contributed by atoms with Crippen LogP contribution in [0, 0.1) is 23.3 Å². The van der Waals surface area contributed by atoms with Gasteiger partial charge in [0.1, 0.15) is 5.82 Å². The molecule has 0 bridgehead atoms. The Morgan fingerprint density at radius 1 is 0.963 bits per heavy atom. The molecule has 0 saturated heterocycles. The molecule has 0 saturated carbocycles. The van der Waals surface area contributed by atoms with Crippen LogP contribution in [0.3, 0.4) is 0 Å². The van der Waals surface area contributed by atoms with Crippen LogP contribution in [0.15, 0.2) is 41.3 Å². The van der Waals surface area contributed by atoms with Gasteiger partial charge in [0, 0.05) is 11.0 Å². The van der Waals surface area contributed by atoms with Gasteiger partial charge in [0.15, 0.2) is 23.2 Å². The summed E-state index contributed by atoms with van der Waals surface area (Å²) in [6.45, 7) is 2.17. The van der Waals surface area contributed by atoms with Crippen LogP contribution in [-0.2, 0) is 0 Å². The number of hydrogen-bond donors (Lipinski definition) is 0. The quantitative estimate of drug-likeness (QED) is 0.0881. The second-order valence-corrected chi connectivity index (χ2v) is 7.19. The summed E-state index contributed by atoms with van der Waals surface area (Å²) in [7, 11) is 0. The van der Waals surface area contributed by atoms with Crippen LogP contribution in [0.5, 0.6) is 0 Å². The number of unbranched alkanes of at least 4 members (excludes halogenated alkanes) is 3. The predicted octanol–water partition coefficient (Wildman–Crippen LogP) is 6.81. The number of ketones is 1. The van der Waals surface area contributed by atoms with Gasteiger partial charge >= 0.3 is 0 Å². The number of carbonyl (C=O) groups excluding carboxylic acids is 1. The number of thioether (sulfide) groups is 1. The van der Waals surface area contributed by atoms with Crippen LogP contribution in [0.1, 0.15) is 48.5 Å². The van der Waals surface area contributed by atoms with Crippen LogP contribution in [-0.4, -0.2) is 11.5 Å². The molecule has 0 N–H and O–H groups in total. The Bertz CT molecular complexity index is 816. The average molecular weight is 396 g/mol. The smallest absolute Gasteiger partial charge is 0.195 e. The topological polar surface area (TPSA) is 17.1 Å². The molecule has 0 radical (unpaired) electrons. The lowest BCUT2D eigenvalue weighted by Gasteiger charge is -2.04. The summed E-state index contributed by atoms with van der Waals surface area (Å²) in [5.74, 6) is -6.84. The Hall–Kier alpha value is -2.08. The van der Waals surface area contributed by atoms with E-state index < -0.39 is 34.6 Å². The summed E-state index contributed by atoms with van der Waals surface area (Å²) >= 11 is 1.74. The van der Waals surface area contributed by atoms with Crippen molar-refractivity contribution in [1.29, 1.82) is 0 Å². The van der Waals surface area contributed by atoms with Crippen molar-refractivity contribution in [3.05, 3.63) is 70.8 Å². The van der Waals surface area contributed by atoms with Crippen molar-refractivity contribution in [2.24, 2.45) is 0 Å². The number of halogens is 4. The Morgan fingerprint density at radius 2 is 1.67 bits per heavy atom. The Balaban J connectivity index is 2.00. The zero-order chi connectivity index (χ0) is 19.8. The molecule has 1 nitrogen and oxygen atoms in total. The number of carbonyl (C=O) groups is 1. The molecule has 2 aromatic carbocycles. The van der Waals surface area contributed by atoms with Gasteiger partial charge < -0.3 is 0 Å². The first kappa shape index (κ1) is 21.2. The first-order chi connectivity index (χ1) is 12.9. The molecule has 0 aromatic heterocycles. The molecule has 0 unspecified atom stereocenters. The fraction of sp³-hybridized carbons (Fsp3) is 0.286. The fourth-order valence-electron chi connectivity index (χ4n) is 2.44. The SMILES string of the molecule is CCCCCCSc1ccc(C=CC(=O)c2c(F)cc(F)c(F)c2F)cc1. The van der Waals surface area contributed by atoms with E-state index in [1.165, 1.54) is 25.3 Å². The van der Waals surface area contributed by atoms with Gasteiger partial charge in [-0.25, -0.2) is 17.6 Å². The second kappa shape index (κ2) is 10.3. The van der Waals surface area contributed by atoms with Gasteiger partial charge in [-0.3, -0.25) is 4.79 Å². The van der Waals surface area contributed by atoms with Crippen molar-refractivity contribution in [1.82, 2.24) is 0 Å². The van der Waals surface area contributed by atoms with Gasteiger partial charge in [-0.15, -0.1) is 11.8 Å². The van der Waals surface area contributed by atoms with E-state index in [4.69, 9.17) is 0 Å². The normalized spacial score (nSPS) is 11.3. The summed E-state index contributed by atoms with van der Waals surface area (Å²) in [6.07, 6.45) is 7.10. The van der Waals surface area contributed by atoms with Gasteiger partial charge in [-0.2, -0.15) is 0 Å². The largest absolute Gasteiger partial charge is 0.289 e. The molecule has 2 rings (SSSR count). The molecule has 0 aliphatic rings. The van der Waals surface area contributed by atoms with E-state index >= 15 is 0 Å². The first-order valence-corrected chi connectivity index (χ1v) is 9.70. The molecule has 0 aliphatic carbocycles. The lowest BCUT2D eigenvalue weighted by Crippen LogP contribution is -2.07. The van der Waals surface area contributed by atoms with E-state index in [-0.39, 0.29) is 6.07 Å². The lowest BCUT2D eigenvalue weighted by molar-refractivity contribution is 0.103. The minimum atomic E-state index is -1.87. The molecule has 6 heteroatoms. The molecular formula is C21H20F4OS. The minimum Gasteiger partial charge on any atom is -0.289 e. The van der Waals surface area contributed by atoms with E-state index in [9.17, 15) is 22.4 Å². The van der Waals surface area contributed by atoms with Crippen LogP contribution in [0.4, 0.5) is 17.6 Å². The molecule has 0 heterocycles. The maximum atomic E-state index is 13.6. The van der Waals surface area contributed by atoms with E-state index in [0.717, 1.165) is 23.1 Å². The van der Waals surface area contributed by atoms with E-state index in [2.05, 4.69) is 6.92 Å². The predicted molar refractivity (Wildman–Crippen MR) is 101 cm³/mol. The van der Waals surface area contributed by atoms with Gasteiger partial charge in [0.25, 0.3) is 0 Å². The maximum Gasteiger partial charge on any atom is 0.195 e. The molecule has 0 aliphatic heterocycles. The van der Waals surface area contributed by atoms with Crippen molar-refractivity contribution in [3.63, 3.8) is 0 Å².